The van der Waals surface area contributed by atoms with Gasteiger partial charge in [-0.3, -0.25) is 0 Å². The first-order chi connectivity index (χ1) is 7.86. The average molecular weight is 241 g/mol. The first kappa shape index (κ1) is 12.0. The standard InChI is InChI=1S/C11H19N3OS/c1-3-4-9-11(16-14-13-9)10(12-2)8-5-6-15-7-8/h8,10,12H,3-7H2,1-2H3. The quantitative estimate of drug-likeness (QED) is 0.853. The summed E-state index contributed by atoms with van der Waals surface area (Å²) in [5.41, 5.74) is 1.17. The molecule has 90 valence electrons. The van der Waals surface area contributed by atoms with Gasteiger partial charge >= 0.3 is 0 Å². The summed E-state index contributed by atoms with van der Waals surface area (Å²) in [5, 5.41) is 7.63. The van der Waals surface area contributed by atoms with E-state index in [1.165, 1.54) is 22.1 Å². The minimum absolute atomic E-state index is 0.365. The van der Waals surface area contributed by atoms with Gasteiger partial charge in [0.2, 0.25) is 0 Å². The highest BCUT2D eigenvalue weighted by Gasteiger charge is 2.29. The number of hydrogen-bond donors (Lipinski definition) is 1. The van der Waals surface area contributed by atoms with Gasteiger partial charge < -0.3 is 10.1 Å². The average Bonchev–Trinajstić information content (AvgIpc) is 2.92. The second-order valence-electron chi connectivity index (χ2n) is 4.22. The van der Waals surface area contributed by atoms with E-state index in [0.717, 1.165) is 32.5 Å². The Hall–Kier alpha value is -0.520. The van der Waals surface area contributed by atoms with Crippen LogP contribution in [0.1, 0.15) is 36.4 Å². The Morgan fingerprint density at radius 3 is 3.12 bits per heavy atom. The zero-order chi connectivity index (χ0) is 11.4. The Morgan fingerprint density at radius 2 is 2.50 bits per heavy atom. The van der Waals surface area contributed by atoms with Gasteiger partial charge in [-0.25, -0.2) is 0 Å². The smallest absolute Gasteiger partial charge is 0.0803 e. The fourth-order valence-corrected chi connectivity index (χ4v) is 3.16. The van der Waals surface area contributed by atoms with Crippen LogP contribution in [-0.2, 0) is 11.2 Å². The van der Waals surface area contributed by atoms with Gasteiger partial charge in [-0.1, -0.05) is 17.8 Å². The zero-order valence-electron chi connectivity index (χ0n) is 9.90. The van der Waals surface area contributed by atoms with Gasteiger partial charge in [-0.2, -0.15) is 0 Å². The summed E-state index contributed by atoms with van der Waals surface area (Å²) in [6.45, 7) is 3.92. The maximum absolute atomic E-state index is 5.46. The van der Waals surface area contributed by atoms with Gasteiger partial charge in [0.1, 0.15) is 0 Å². The molecule has 1 aliphatic heterocycles. The van der Waals surface area contributed by atoms with E-state index in [4.69, 9.17) is 4.74 Å². The summed E-state index contributed by atoms with van der Waals surface area (Å²) < 4.78 is 9.55. The second-order valence-corrected chi connectivity index (χ2v) is 5.01. The number of nitrogens with one attached hydrogen (secondary N) is 1. The van der Waals surface area contributed by atoms with Crippen LogP contribution in [0.3, 0.4) is 0 Å². The Bertz CT molecular complexity index is 323. The number of aryl methyl sites for hydroxylation is 1. The molecular weight excluding hydrogens is 222 g/mol. The van der Waals surface area contributed by atoms with Gasteiger partial charge in [0, 0.05) is 18.6 Å². The third kappa shape index (κ3) is 2.42. The van der Waals surface area contributed by atoms with Crippen molar-refractivity contribution < 1.29 is 4.74 Å². The number of nitrogens with zero attached hydrogens (tertiary/aromatic N) is 2. The molecule has 0 saturated carbocycles. The van der Waals surface area contributed by atoms with E-state index in [1.54, 1.807) is 0 Å². The van der Waals surface area contributed by atoms with Crippen LogP contribution in [0, 0.1) is 5.92 Å². The third-order valence-corrected chi connectivity index (χ3v) is 3.95. The van der Waals surface area contributed by atoms with Crippen LogP contribution >= 0.6 is 11.5 Å². The molecule has 2 rings (SSSR count). The van der Waals surface area contributed by atoms with E-state index in [-0.39, 0.29) is 0 Å². The molecular formula is C11H19N3OS. The Labute approximate surface area is 101 Å². The predicted molar refractivity (Wildman–Crippen MR) is 64.6 cm³/mol. The molecule has 0 aromatic carbocycles. The minimum Gasteiger partial charge on any atom is -0.381 e. The van der Waals surface area contributed by atoms with Crippen molar-refractivity contribution in [2.75, 3.05) is 20.3 Å². The van der Waals surface area contributed by atoms with Gasteiger partial charge in [0.25, 0.3) is 0 Å². The summed E-state index contributed by atoms with van der Waals surface area (Å²) in [5.74, 6) is 0.572. The van der Waals surface area contributed by atoms with Crippen molar-refractivity contribution in [1.82, 2.24) is 14.9 Å². The lowest BCUT2D eigenvalue weighted by molar-refractivity contribution is 0.178. The Balaban J connectivity index is 2.15. The van der Waals surface area contributed by atoms with E-state index in [0.29, 0.717) is 12.0 Å². The van der Waals surface area contributed by atoms with Crippen molar-refractivity contribution in [3.63, 3.8) is 0 Å². The molecule has 0 amide bonds. The zero-order valence-corrected chi connectivity index (χ0v) is 10.7. The molecule has 1 aliphatic rings. The minimum atomic E-state index is 0.365. The summed E-state index contributed by atoms with van der Waals surface area (Å²) in [6.07, 6.45) is 3.28. The highest BCUT2D eigenvalue weighted by atomic mass is 32.1. The molecule has 0 radical (unpaired) electrons. The molecule has 2 atom stereocenters. The summed E-state index contributed by atoms with van der Waals surface area (Å²) in [4.78, 5) is 1.31. The predicted octanol–water partition coefficient (Wildman–Crippen LogP) is 1.79. The van der Waals surface area contributed by atoms with Crippen LogP contribution in [0.2, 0.25) is 0 Å². The lowest BCUT2D eigenvalue weighted by Crippen LogP contribution is -2.25. The van der Waals surface area contributed by atoms with Crippen LogP contribution in [-0.4, -0.2) is 29.8 Å². The van der Waals surface area contributed by atoms with E-state index < -0.39 is 0 Å². The Kier molecular flexibility index (Phi) is 4.26. The van der Waals surface area contributed by atoms with Crippen LogP contribution in [0.25, 0.3) is 0 Å². The molecule has 1 aromatic heterocycles. The molecule has 0 bridgehead atoms. The van der Waals surface area contributed by atoms with Crippen molar-refractivity contribution >= 4 is 11.5 Å². The number of aromatic nitrogens is 2. The van der Waals surface area contributed by atoms with Crippen LogP contribution in [0.4, 0.5) is 0 Å². The highest BCUT2D eigenvalue weighted by Crippen LogP contribution is 2.32. The van der Waals surface area contributed by atoms with Crippen molar-refractivity contribution in [2.24, 2.45) is 5.92 Å². The first-order valence-corrected chi connectivity index (χ1v) is 6.70. The monoisotopic (exact) mass is 241 g/mol. The van der Waals surface area contributed by atoms with E-state index in [9.17, 15) is 0 Å². The van der Waals surface area contributed by atoms with Gasteiger partial charge in [0.15, 0.2) is 0 Å². The normalized spacial score (nSPS) is 22.5. The second kappa shape index (κ2) is 5.70. The van der Waals surface area contributed by atoms with Crippen molar-refractivity contribution in [1.29, 1.82) is 0 Å². The Morgan fingerprint density at radius 1 is 1.62 bits per heavy atom. The maximum Gasteiger partial charge on any atom is 0.0803 e. The fraction of sp³-hybridized carbons (Fsp3) is 0.818. The molecule has 2 heterocycles. The highest BCUT2D eigenvalue weighted by molar-refractivity contribution is 7.05. The van der Waals surface area contributed by atoms with Gasteiger partial charge in [0.05, 0.1) is 17.2 Å². The largest absolute Gasteiger partial charge is 0.381 e. The third-order valence-electron chi connectivity index (χ3n) is 3.10. The maximum atomic E-state index is 5.46. The molecule has 5 heteroatoms. The summed E-state index contributed by atoms with van der Waals surface area (Å²) in [7, 11) is 2.01. The van der Waals surface area contributed by atoms with Crippen molar-refractivity contribution in [2.45, 2.75) is 32.2 Å². The lowest BCUT2D eigenvalue weighted by Gasteiger charge is -2.20. The van der Waals surface area contributed by atoms with E-state index >= 15 is 0 Å². The van der Waals surface area contributed by atoms with E-state index in [2.05, 4.69) is 21.8 Å². The molecule has 1 N–H and O–H groups in total. The topological polar surface area (TPSA) is 47.0 Å². The molecule has 0 spiro atoms. The molecule has 2 unspecified atom stereocenters. The number of hydrogen-bond acceptors (Lipinski definition) is 5. The molecule has 1 aromatic rings. The first-order valence-electron chi connectivity index (χ1n) is 5.93. The van der Waals surface area contributed by atoms with Crippen molar-refractivity contribution in [3.05, 3.63) is 10.6 Å². The van der Waals surface area contributed by atoms with Gasteiger partial charge in [-0.05, 0) is 31.4 Å². The number of rotatable bonds is 5. The SMILES string of the molecule is CCCc1nnsc1C(NC)C1CCOC1. The summed E-state index contributed by atoms with van der Waals surface area (Å²) >= 11 is 1.53. The molecule has 0 aliphatic carbocycles. The summed E-state index contributed by atoms with van der Waals surface area (Å²) in [6, 6.07) is 0.365. The molecule has 1 saturated heterocycles. The van der Waals surface area contributed by atoms with E-state index in [1.807, 2.05) is 7.05 Å². The fourth-order valence-electron chi connectivity index (χ4n) is 2.26. The van der Waals surface area contributed by atoms with Crippen molar-refractivity contribution in [3.8, 4) is 0 Å². The molecule has 16 heavy (non-hydrogen) atoms. The molecule has 4 nitrogen and oxygen atoms in total. The number of ether oxygens (including phenoxy) is 1. The van der Waals surface area contributed by atoms with Crippen LogP contribution < -0.4 is 5.32 Å². The lowest BCUT2D eigenvalue weighted by atomic mass is 9.96. The van der Waals surface area contributed by atoms with Crippen LogP contribution in [0.5, 0.6) is 0 Å². The van der Waals surface area contributed by atoms with Gasteiger partial charge in [-0.15, -0.1) is 5.10 Å². The van der Waals surface area contributed by atoms with Crippen LogP contribution in [0.15, 0.2) is 0 Å². The molecule has 1 fully saturated rings.